The van der Waals surface area contributed by atoms with Gasteiger partial charge in [-0.05, 0) is 30.3 Å². The zero-order chi connectivity index (χ0) is 24.9. The number of ether oxygens (including phenoxy) is 3. The van der Waals surface area contributed by atoms with E-state index < -0.39 is 41.6 Å². The lowest BCUT2D eigenvalue weighted by atomic mass is 10.0. The smallest absolute Gasteiger partial charge is 0.344 e. The largest absolute Gasteiger partial charge is 0.504 e. The summed E-state index contributed by atoms with van der Waals surface area (Å²) >= 11 is 0. The van der Waals surface area contributed by atoms with Crippen LogP contribution in [0, 0.1) is 0 Å². The van der Waals surface area contributed by atoms with Gasteiger partial charge >= 0.3 is 11.3 Å². The number of hydrogen-bond donors (Lipinski definition) is 4. The predicted molar refractivity (Wildman–Crippen MR) is 121 cm³/mol. The number of aliphatic hydroxyl groups is 3. The Balaban J connectivity index is 1.64. The molecule has 4 aromatic rings. The van der Waals surface area contributed by atoms with Crippen LogP contribution < -0.4 is 20.7 Å². The van der Waals surface area contributed by atoms with Crippen molar-refractivity contribution >= 4 is 21.9 Å². The molecule has 0 spiro atoms. The molecule has 5 rings (SSSR count). The van der Waals surface area contributed by atoms with Gasteiger partial charge in [-0.2, -0.15) is 0 Å². The highest BCUT2D eigenvalue weighted by molar-refractivity contribution is 5.97. The van der Waals surface area contributed by atoms with E-state index in [9.17, 15) is 30.0 Å². The number of benzene rings is 2. The summed E-state index contributed by atoms with van der Waals surface area (Å²) in [6, 6.07) is 10.0. The number of methoxy groups -OCH3 is 1. The molecule has 3 atom stereocenters. The van der Waals surface area contributed by atoms with Crippen molar-refractivity contribution in [2.45, 2.75) is 18.0 Å². The van der Waals surface area contributed by atoms with E-state index in [2.05, 4.69) is 0 Å². The molecule has 3 unspecified atom stereocenters. The Morgan fingerprint density at radius 2 is 1.83 bits per heavy atom. The quantitative estimate of drug-likeness (QED) is 0.299. The Hall–Kier alpha value is -3.90. The van der Waals surface area contributed by atoms with Crippen LogP contribution >= 0.6 is 0 Å². The normalized spacial score (nSPS) is 22.1. The van der Waals surface area contributed by atoms with Gasteiger partial charge < -0.3 is 43.5 Å². The third-order valence-electron chi connectivity index (χ3n) is 5.88. The van der Waals surface area contributed by atoms with Crippen molar-refractivity contribution < 1.29 is 43.5 Å². The maximum Gasteiger partial charge on any atom is 0.344 e. The van der Waals surface area contributed by atoms with Crippen LogP contribution in [-0.4, -0.2) is 58.7 Å². The Labute approximate surface area is 195 Å². The van der Waals surface area contributed by atoms with Crippen molar-refractivity contribution in [2.24, 2.45) is 0 Å². The molecule has 2 aromatic carbocycles. The topological polar surface area (TPSA) is 169 Å². The standard InChI is InChI=1S/C24H20O11/c1-31-15-4-2-11-3-5-18(27)35-20(11)19(15)13-6-12-7-17(14(26)8-16(12)33-22(13)29)34-23-21(28)24(30,9-25)10-32-23/h2-8,21,23,25-26,28,30H,9-10H2,1H3. The highest BCUT2D eigenvalue weighted by atomic mass is 16.7. The molecule has 0 amide bonds. The minimum atomic E-state index is -1.91. The first kappa shape index (κ1) is 22.9. The van der Waals surface area contributed by atoms with Gasteiger partial charge in [-0.25, -0.2) is 9.59 Å². The molecule has 4 N–H and O–H groups in total. The van der Waals surface area contributed by atoms with E-state index in [1.165, 1.54) is 25.3 Å². The highest BCUT2D eigenvalue weighted by Crippen LogP contribution is 2.39. The van der Waals surface area contributed by atoms with Crippen molar-refractivity contribution in [3.63, 3.8) is 0 Å². The van der Waals surface area contributed by atoms with Crippen LogP contribution in [0.4, 0.5) is 0 Å². The van der Waals surface area contributed by atoms with Gasteiger partial charge in [0.2, 0.25) is 6.29 Å². The van der Waals surface area contributed by atoms with Crippen molar-refractivity contribution in [1.82, 2.24) is 0 Å². The number of aromatic hydroxyl groups is 1. The first-order valence-electron chi connectivity index (χ1n) is 10.5. The van der Waals surface area contributed by atoms with E-state index in [-0.39, 0.29) is 40.4 Å². The van der Waals surface area contributed by atoms with E-state index in [1.807, 2.05) is 0 Å². The number of rotatable bonds is 5. The Bertz CT molecular complexity index is 1550. The molecule has 182 valence electrons. The molecular weight excluding hydrogens is 464 g/mol. The Morgan fingerprint density at radius 1 is 1.06 bits per heavy atom. The summed E-state index contributed by atoms with van der Waals surface area (Å²) in [6.45, 7) is -1.13. The first-order valence-corrected chi connectivity index (χ1v) is 10.5. The SMILES string of the molecule is COc1ccc2ccc(=O)oc2c1-c1cc2cc(OC3OCC(O)(CO)C3O)c(O)cc2oc1=O. The molecule has 3 heterocycles. The molecule has 2 aromatic heterocycles. The average molecular weight is 484 g/mol. The van der Waals surface area contributed by atoms with E-state index >= 15 is 0 Å². The Kier molecular flexibility index (Phi) is 5.49. The van der Waals surface area contributed by atoms with Crippen LogP contribution in [0.3, 0.4) is 0 Å². The molecule has 0 bridgehead atoms. The van der Waals surface area contributed by atoms with E-state index in [4.69, 9.17) is 23.0 Å². The van der Waals surface area contributed by atoms with Gasteiger partial charge in [0, 0.05) is 22.9 Å². The van der Waals surface area contributed by atoms with E-state index in [0.717, 1.165) is 6.07 Å². The minimum Gasteiger partial charge on any atom is -0.504 e. The maximum absolute atomic E-state index is 12.9. The summed E-state index contributed by atoms with van der Waals surface area (Å²) in [5.41, 5.74) is -2.91. The van der Waals surface area contributed by atoms with Crippen LogP contribution in [-0.2, 0) is 4.74 Å². The fourth-order valence-electron chi connectivity index (χ4n) is 3.96. The second-order valence-electron chi connectivity index (χ2n) is 8.12. The minimum absolute atomic E-state index is 0.0257. The van der Waals surface area contributed by atoms with Crippen molar-refractivity contribution in [2.75, 3.05) is 20.3 Å². The van der Waals surface area contributed by atoms with E-state index in [1.54, 1.807) is 18.2 Å². The maximum atomic E-state index is 12.9. The lowest BCUT2D eigenvalue weighted by Gasteiger charge is -2.24. The highest BCUT2D eigenvalue weighted by Gasteiger charge is 2.49. The molecule has 11 heteroatoms. The Morgan fingerprint density at radius 3 is 2.54 bits per heavy atom. The second kappa shape index (κ2) is 8.40. The molecule has 1 fully saturated rings. The summed E-state index contributed by atoms with van der Waals surface area (Å²) in [5, 5.41) is 40.9. The molecule has 0 saturated carbocycles. The summed E-state index contributed by atoms with van der Waals surface area (Å²) < 4.78 is 26.9. The van der Waals surface area contributed by atoms with Crippen LogP contribution in [0.5, 0.6) is 17.2 Å². The number of phenols is 1. The molecule has 1 saturated heterocycles. The third kappa shape index (κ3) is 3.80. The predicted octanol–water partition coefficient (Wildman–Crippen LogP) is 1.10. The van der Waals surface area contributed by atoms with Gasteiger partial charge in [-0.1, -0.05) is 0 Å². The first-order chi connectivity index (χ1) is 16.7. The van der Waals surface area contributed by atoms with Crippen molar-refractivity contribution in [3.05, 3.63) is 63.3 Å². The molecule has 0 radical (unpaired) electrons. The van der Waals surface area contributed by atoms with Crippen LogP contribution in [0.25, 0.3) is 33.1 Å². The van der Waals surface area contributed by atoms with Crippen LogP contribution in [0.15, 0.2) is 60.9 Å². The van der Waals surface area contributed by atoms with E-state index in [0.29, 0.717) is 10.8 Å². The van der Waals surface area contributed by atoms with Crippen molar-refractivity contribution in [1.29, 1.82) is 0 Å². The number of fused-ring (bicyclic) bond motifs is 2. The van der Waals surface area contributed by atoms with Gasteiger partial charge in [-0.3, -0.25) is 0 Å². The van der Waals surface area contributed by atoms with Gasteiger partial charge in [0.15, 0.2) is 11.5 Å². The monoisotopic (exact) mass is 484 g/mol. The number of phenolic OH excluding ortho intramolecular Hbond substituents is 1. The molecule has 1 aliphatic heterocycles. The second-order valence-corrected chi connectivity index (χ2v) is 8.12. The zero-order valence-electron chi connectivity index (χ0n) is 18.3. The summed E-state index contributed by atoms with van der Waals surface area (Å²) in [7, 11) is 1.40. The van der Waals surface area contributed by atoms with Gasteiger partial charge in [0.25, 0.3) is 0 Å². The molecule has 1 aliphatic rings. The molecule has 0 aliphatic carbocycles. The zero-order valence-corrected chi connectivity index (χ0v) is 18.3. The number of hydrogen-bond acceptors (Lipinski definition) is 11. The molecular formula is C24H20O11. The van der Waals surface area contributed by atoms with Gasteiger partial charge in [0.1, 0.15) is 28.6 Å². The van der Waals surface area contributed by atoms with Crippen molar-refractivity contribution in [3.8, 4) is 28.4 Å². The van der Waals surface area contributed by atoms with Crippen LogP contribution in [0.1, 0.15) is 0 Å². The summed E-state index contributed by atoms with van der Waals surface area (Å²) in [5.74, 6) is -0.295. The lowest BCUT2D eigenvalue weighted by molar-refractivity contribution is -0.116. The summed E-state index contributed by atoms with van der Waals surface area (Å²) in [6.07, 6.45) is -2.96. The third-order valence-corrected chi connectivity index (χ3v) is 5.88. The fraction of sp³-hybridized carbons (Fsp3) is 0.250. The molecule has 11 nitrogen and oxygen atoms in total. The van der Waals surface area contributed by atoms with Gasteiger partial charge in [-0.15, -0.1) is 0 Å². The number of aliphatic hydroxyl groups excluding tert-OH is 2. The lowest BCUT2D eigenvalue weighted by Crippen LogP contribution is -2.48. The summed E-state index contributed by atoms with van der Waals surface area (Å²) in [4.78, 5) is 24.8. The molecule has 35 heavy (non-hydrogen) atoms. The fourth-order valence-corrected chi connectivity index (χ4v) is 3.96. The van der Waals surface area contributed by atoms with Crippen LogP contribution in [0.2, 0.25) is 0 Å². The van der Waals surface area contributed by atoms with Gasteiger partial charge in [0.05, 0.1) is 31.5 Å². The average Bonchev–Trinajstić information content (AvgIpc) is 3.13.